The number of rotatable bonds is 9. The van der Waals surface area contributed by atoms with E-state index in [1.807, 2.05) is 13.8 Å². The summed E-state index contributed by atoms with van der Waals surface area (Å²) in [6.45, 7) is 4.32. The molecule has 0 saturated heterocycles. The molecule has 0 atom stereocenters. The minimum absolute atomic E-state index is 0.234. The molecule has 0 aliphatic heterocycles. The quantitative estimate of drug-likeness (QED) is 0.650. The summed E-state index contributed by atoms with van der Waals surface area (Å²) in [6, 6.07) is 7.13. The highest BCUT2D eigenvalue weighted by molar-refractivity contribution is 5.77. The van der Waals surface area contributed by atoms with Gasteiger partial charge in [0.05, 0.1) is 37.8 Å². The third-order valence-corrected chi connectivity index (χ3v) is 3.20. The highest BCUT2D eigenvalue weighted by atomic mass is 16.5. The number of hydrogen-bond acceptors (Lipinski definition) is 6. The molecule has 0 aliphatic carbocycles. The van der Waals surface area contributed by atoms with Gasteiger partial charge < -0.3 is 9.47 Å². The van der Waals surface area contributed by atoms with Crippen LogP contribution >= 0.6 is 0 Å². The first kappa shape index (κ1) is 18.6. The van der Waals surface area contributed by atoms with Gasteiger partial charge in [-0.15, -0.1) is 0 Å². The van der Waals surface area contributed by atoms with Crippen LogP contribution in [0.1, 0.15) is 45.2 Å². The molecule has 0 aromatic carbocycles. The van der Waals surface area contributed by atoms with Crippen molar-refractivity contribution < 1.29 is 19.1 Å². The van der Waals surface area contributed by atoms with Crippen molar-refractivity contribution in [1.29, 1.82) is 5.26 Å². The summed E-state index contributed by atoms with van der Waals surface area (Å²) in [7, 11) is 0. The third kappa shape index (κ3) is 5.70. The number of hydrogen-bond donors (Lipinski definition) is 0. The fraction of sp³-hybridized carbons (Fsp3) is 0.529. The fourth-order valence-electron chi connectivity index (χ4n) is 2.05. The number of nitriles is 1. The van der Waals surface area contributed by atoms with Crippen molar-refractivity contribution in [3.8, 4) is 6.07 Å². The Morgan fingerprint density at radius 3 is 2.09 bits per heavy atom. The van der Waals surface area contributed by atoms with Crippen molar-refractivity contribution in [2.45, 2.75) is 44.9 Å². The van der Waals surface area contributed by atoms with E-state index in [9.17, 15) is 14.9 Å². The molecule has 1 aromatic heterocycles. The monoisotopic (exact) mass is 318 g/mol. The van der Waals surface area contributed by atoms with Crippen molar-refractivity contribution in [3.05, 3.63) is 30.1 Å². The topological polar surface area (TPSA) is 89.3 Å². The van der Waals surface area contributed by atoms with Gasteiger partial charge in [-0.2, -0.15) is 5.26 Å². The second-order valence-electron chi connectivity index (χ2n) is 5.20. The van der Waals surface area contributed by atoms with Gasteiger partial charge in [0.2, 0.25) is 0 Å². The van der Waals surface area contributed by atoms with Crippen LogP contribution in [0.15, 0.2) is 24.4 Å². The molecule has 23 heavy (non-hydrogen) atoms. The minimum Gasteiger partial charge on any atom is -0.466 e. The van der Waals surface area contributed by atoms with Crippen LogP contribution in [0, 0.1) is 11.3 Å². The predicted octanol–water partition coefficient (Wildman–Crippen LogP) is 2.53. The SMILES string of the molecule is CCCOC(=O)CC(C#N)(CC(=O)OCCC)c1ccccn1. The Balaban J connectivity index is 3.01. The number of esters is 2. The maximum absolute atomic E-state index is 12.0. The van der Waals surface area contributed by atoms with Gasteiger partial charge >= 0.3 is 11.9 Å². The summed E-state index contributed by atoms with van der Waals surface area (Å²) < 4.78 is 10.1. The van der Waals surface area contributed by atoms with Crippen LogP contribution in [0.5, 0.6) is 0 Å². The average Bonchev–Trinajstić information content (AvgIpc) is 2.58. The van der Waals surface area contributed by atoms with Gasteiger partial charge in [0.1, 0.15) is 5.41 Å². The molecule has 0 N–H and O–H groups in total. The first-order chi connectivity index (χ1) is 11.1. The minimum atomic E-state index is -1.38. The van der Waals surface area contributed by atoms with E-state index in [1.165, 1.54) is 6.20 Å². The highest BCUT2D eigenvalue weighted by Gasteiger charge is 2.40. The molecule has 1 rings (SSSR count). The van der Waals surface area contributed by atoms with Crippen LogP contribution in [0.25, 0.3) is 0 Å². The van der Waals surface area contributed by atoms with Gasteiger partial charge in [0, 0.05) is 6.20 Å². The summed E-state index contributed by atoms with van der Waals surface area (Å²) in [4.78, 5) is 28.1. The van der Waals surface area contributed by atoms with Crippen molar-refractivity contribution >= 4 is 11.9 Å². The number of ether oxygens (including phenoxy) is 2. The lowest BCUT2D eigenvalue weighted by molar-refractivity contribution is -0.147. The predicted molar refractivity (Wildman–Crippen MR) is 83.3 cm³/mol. The normalized spacial score (nSPS) is 10.7. The lowest BCUT2D eigenvalue weighted by Gasteiger charge is -2.24. The van der Waals surface area contributed by atoms with Gasteiger partial charge in [-0.25, -0.2) is 0 Å². The summed E-state index contributed by atoms with van der Waals surface area (Å²) >= 11 is 0. The van der Waals surface area contributed by atoms with E-state index in [-0.39, 0.29) is 26.1 Å². The lowest BCUT2D eigenvalue weighted by Crippen LogP contribution is -2.33. The van der Waals surface area contributed by atoms with Gasteiger partial charge in [-0.3, -0.25) is 14.6 Å². The molecule has 0 saturated carbocycles. The molecule has 6 nitrogen and oxygen atoms in total. The molecule has 0 fully saturated rings. The molecule has 0 unspecified atom stereocenters. The zero-order chi connectivity index (χ0) is 17.1. The van der Waals surface area contributed by atoms with Gasteiger partial charge in [0.15, 0.2) is 0 Å². The zero-order valence-electron chi connectivity index (χ0n) is 13.6. The summed E-state index contributed by atoms with van der Waals surface area (Å²) in [5.74, 6) is -1.05. The smallest absolute Gasteiger partial charge is 0.307 e. The van der Waals surface area contributed by atoms with E-state index in [1.54, 1.807) is 18.2 Å². The molecular weight excluding hydrogens is 296 g/mol. The standard InChI is InChI=1S/C17H22N2O4/c1-3-9-22-15(20)11-17(13-18,12-16(21)23-10-4-2)14-7-5-6-8-19-14/h5-8H,3-4,9-12H2,1-2H3. The Bertz CT molecular complexity index is 529. The number of carbonyl (C=O) groups is 2. The van der Waals surface area contributed by atoms with Crippen LogP contribution in [-0.2, 0) is 24.5 Å². The molecule has 1 aromatic rings. The van der Waals surface area contributed by atoms with E-state index in [2.05, 4.69) is 11.1 Å². The Morgan fingerprint density at radius 1 is 1.13 bits per heavy atom. The van der Waals surface area contributed by atoms with E-state index in [4.69, 9.17) is 9.47 Å². The number of nitrogens with zero attached hydrogens (tertiary/aromatic N) is 2. The maximum Gasteiger partial charge on any atom is 0.307 e. The maximum atomic E-state index is 12.0. The molecule has 6 heteroatoms. The Kier molecular flexibility index (Phi) is 7.75. The first-order valence-electron chi connectivity index (χ1n) is 7.72. The molecule has 0 radical (unpaired) electrons. The van der Waals surface area contributed by atoms with Gasteiger partial charge in [0.25, 0.3) is 0 Å². The van der Waals surface area contributed by atoms with Crippen molar-refractivity contribution in [2.24, 2.45) is 0 Å². The Hall–Kier alpha value is -2.42. The third-order valence-electron chi connectivity index (χ3n) is 3.20. The van der Waals surface area contributed by atoms with Crippen LogP contribution in [-0.4, -0.2) is 30.1 Å². The van der Waals surface area contributed by atoms with Crippen molar-refractivity contribution in [3.63, 3.8) is 0 Å². The van der Waals surface area contributed by atoms with E-state index >= 15 is 0 Å². The summed E-state index contributed by atoms with van der Waals surface area (Å²) in [6.07, 6.45) is 2.43. The van der Waals surface area contributed by atoms with Crippen LogP contribution in [0.2, 0.25) is 0 Å². The fourth-order valence-corrected chi connectivity index (χ4v) is 2.05. The molecular formula is C17H22N2O4. The lowest BCUT2D eigenvalue weighted by atomic mass is 9.79. The molecule has 0 aliphatic rings. The van der Waals surface area contributed by atoms with E-state index in [0.717, 1.165) is 0 Å². The molecule has 0 amide bonds. The highest BCUT2D eigenvalue weighted by Crippen LogP contribution is 2.31. The van der Waals surface area contributed by atoms with Crippen molar-refractivity contribution in [1.82, 2.24) is 4.98 Å². The number of pyridine rings is 1. The molecule has 124 valence electrons. The average molecular weight is 318 g/mol. The number of aromatic nitrogens is 1. The number of carbonyl (C=O) groups excluding carboxylic acids is 2. The second kappa shape index (κ2) is 9.57. The largest absolute Gasteiger partial charge is 0.466 e. The first-order valence-corrected chi connectivity index (χ1v) is 7.72. The Labute approximate surface area is 136 Å². The zero-order valence-corrected chi connectivity index (χ0v) is 13.6. The van der Waals surface area contributed by atoms with Crippen molar-refractivity contribution in [2.75, 3.05) is 13.2 Å². The molecule has 0 spiro atoms. The van der Waals surface area contributed by atoms with Gasteiger partial charge in [-0.1, -0.05) is 19.9 Å². The molecule has 0 bridgehead atoms. The van der Waals surface area contributed by atoms with Gasteiger partial charge in [-0.05, 0) is 25.0 Å². The Morgan fingerprint density at radius 2 is 1.70 bits per heavy atom. The van der Waals surface area contributed by atoms with Crippen LogP contribution in [0.3, 0.4) is 0 Å². The van der Waals surface area contributed by atoms with E-state index in [0.29, 0.717) is 18.5 Å². The second-order valence-corrected chi connectivity index (χ2v) is 5.20. The van der Waals surface area contributed by atoms with Crippen LogP contribution < -0.4 is 0 Å². The molecule has 1 heterocycles. The summed E-state index contributed by atoms with van der Waals surface area (Å²) in [5.41, 5.74) is -1.01. The van der Waals surface area contributed by atoms with E-state index < -0.39 is 17.4 Å². The van der Waals surface area contributed by atoms with Crippen LogP contribution in [0.4, 0.5) is 0 Å². The summed E-state index contributed by atoms with van der Waals surface area (Å²) in [5, 5.41) is 9.67.